The molecular formula is C20H26N2O2S. The van der Waals surface area contributed by atoms with Crippen LogP contribution in [0.25, 0.3) is 0 Å². The first-order chi connectivity index (χ1) is 12.0. The summed E-state index contributed by atoms with van der Waals surface area (Å²) in [5.41, 5.74) is 2.07. The Hall–Kier alpha value is -2.27. The second-order valence-electron chi connectivity index (χ2n) is 6.03. The molecule has 2 rings (SSSR count). The van der Waals surface area contributed by atoms with Crippen LogP contribution in [0.1, 0.15) is 38.8 Å². The van der Waals surface area contributed by atoms with Crippen molar-refractivity contribution in [1.82, 2.24) is 5.32 Å². The van der Waals surface area contributed by atoms with Crippen LogP contribution in [0.15, 0.2) is 48.5 Å². The number of rotatable bonds is 7. The van der Waals surface area contributed by atoms with E-state index in [0.717, 1.165) is 23.6 Å². The highest BCUT2D eigenvalue weighted by Gasteiger charge is 2.11. The SMILES string of the molecule is CC[C@H](NC(=S)Nc1cccc(OC(C)C)c1)c1ccc(OC)cc1. The van der Waals surface area contributed by atoms with Gasteiger partial charge < -0.3 is 20.1 Å². The summed E-state index contributed by atoms with van der Waals surface area (Å²) in [5.74, 6) is 1.67. The number of hydrogen-bond donors (Lipinski definition) is 2. The summed E-state index contributed by atoms with van der Waals surface area (Å²) >= 11 is 5.47. The Morgan fingerprint density at radius 1 is 1.08 bits per heavy atom. The van der Waals surface area contributed by atoms with Gasteiger partial charge in [0.25, 0.3) is 0 Å². The monoisotopic (exact) mass is 358 g/mol. The van der Waals surface area contributed by atoms with Gasteiger partial charge in [0.15, 0.2) is 5.11 Å². The van der Waals surface area contributed by atoms with Gasteiger partial charge in [-0.2, -0.15) is 0 Å². The summed E-state index contributed by atoms with van der Waals surface area (Å²) in [5, 5.41) is 7.18. The van der Waals surface area contributed by atoms with E-state index in [0.29, 0.717) is 5.11 Å². The van der Waals surface area contributed by atoms with Crippen LogP contribution in [0.5, 0.6) is 11.5 Å². The third kappa shape index (κ3) is 5.94. The van der Waals surface area contributed by atoms with Gasteiger partial charge in [0.1, 0.15) is 11.5 Å². The predicted molar refractivity (Wildman–Crippen MR) is 108 cm³/mol. The predicted octanol–water partition coefficient (Wildman–Crippen LogP) is 4.92. The van der Waals surface area contributed by atoms with E-state index in [4.69, 9.17) is 21.7 Å². The quantitative estimate of drug-likeness (QED) is 0.688. The van der Waals surface area contributed by atoms with Gasteiger partial charge >= 0.3 is 0 Å². The lowest BCUT2D eigenvalue weighted by molar-refractivity contribution is 0.242. The molecule has 2 aromatic carbocycles. The Kier molecular flexibility index (Phi) is 7.07. The molecule has 0 aromatic heterocycles. The van der Waals surface area contributed by atoms with Gasteiger partial charge in [0, 0.05) is 11.8 Å². The second-order valence-corrected chi connectivity index (χ2v) is 6.44. The lowest BCUT2D eigenvalue weighted by Crippen LogP contribution is -2.32. The van der Waals surface area contributed by atoms with E-state index < -0.39 is 0 Å². The highest BCUT2D eigenvalue weighted by atomic mass is 32.1. The lowest BCUT2D eigenvalue weighted by Gasteiger charge is -2.20. The van der Waals surface area contributed by atoms with Crippen molar-refractivity contribution in [3.8, 4) is 11.5 Å². The number of hydrogen-bond acceptors (Lipinski definition) is 3. The molecule has 0 heterocycles. The van der Waals surface area contributed by atoms with Crippen LogP contribution in [0.3, 0.4) is 0 Å². The van der Waals surface area contributed by atoms with Crippen LogP contribution in [-0.2, 0) is 0 Å². The number of ether oxygens (including phenoxy) is 2. The summed E-state index contributed by atoms with van der Waals surface area (Å²) in [6, 6.07) is 16.0. The zero-order valence-corrected chi connectivity index (χ0v) is 16.0. The van der Waals surface area contributed by atoms with Crippen LogP contribution in [-0.4, -0.2) is 18.3 Å². The molecule has 0 saturated carbocycles. The first kappa shape index (κ1) is 19.1. The smallest absolute Gasteiger partial charge is 0.171 e. The molecule has 0 radical (unpaired) electrons. The minimum Gasteiger partial charge on any atom is -0.497 e. The molecule has 0 saturated heterocycles. The van der Waals surface area contributed by atoms with Crippen molar-refractivity contribution in [2.75, 3.05) is 12.4 Å². The van der Waals surface area contributed by atoms with Crippen LogP contribution in [0.4, 0.5) is 5.69 Å². The topological polar surface area (TPSA) is 42.5 Å². The van der Waals surface area contributed by atoms with Crippen molar-refractivity contribution < 1.29 is 9.47 Å². The highest BCUT2D eigenvalue weighted by Crippen LogP contribution is 2.21. The van der Waals surface area contributed by atoms with E-state index in [9.17, 15) is 0 Å². The summed E-state index contributed by atoms with van der Waals surface area (Å²) < 4.78 is 10.9. The third-order valence-electron chi connectivity index (χ3n) is 3.70. The maximum Gasteiger partial charge on any atom is 0.171 e. The second kappa shape index (κ2) is 9.28. The molecule has 0 bridgehead atoms. The van der Waals surface area contributed by atoms with E-state index >= 15 is 0 Å². The van der Waals surface area contributed by atoms with Gasteiger partial charge in [-0.3, -0.25) is 0 Å². The van der Waals surface area contributed by atoms with E-state index in [1.807, 2.05) is 50.2 Å². The standard InChI is InChI=1S/C20H26N2O2S/c1-5-19(15-9-11-17(23-4)12-10-15)22-20(25)21-16-7-6-8-18(13-16)24-14(2)3/h6-14,19H,5H2,1-4H3,(H2,21,22,25)/t19-/m0/s1. The summed E-state index contributed by atoms with van der Waals surface area (Å²) in [4.78, 5) is 0. The molecule has 2 aromatic rings. The zero-order valence-electron chi connectivity index (χ0n) is 15.2. The molecule has 0 unspecified atom stereocenters. The van der Waals surface area contributed by atoms with Crippen molar-refractivity contribution in [1.29, 1.82) is 0 Å². The van der Waals surface area contributed by atoms with Crippen LogP contribution < -0.4 is 20.1 Å². The van der Waals surface area contributed by atoms with Gasteiger partial charge in [0.05, 0.1) is 19.3 Å². The molecule has 0 spiro atoms. The van der Waals surface area contributed by atoms with Crippen molar-refractivity contribution in [2.45, 2.75) is 39.3 Å². The zero-order chi connectivity index (χ0) is 18.2. The Bertz CT molecular complexity index is 686. The van der Waals surface area contributed by atoms with Gasteiger partial charge in [-0.25, -0.2) is 0 Å². The van der Waals surface area contributed by atoms with Crippen LogP contribution >= 0.6 is 12.2 Å². The Morgan fingerprint density at radius 2 is 1.80 bits per heavy atom. The molecular weight excluding hydrogens is 332 g/mol. The molecule has 134 valence electrons. The molecule has 0 aliphatic heterocycles. The van der Waals surface area contributed by atoms with Crippen LogP contribution in [0.2, 0.25) is 0 Å². The van der Waals surface area contributed by atoms with Gasteiger partial charge in [-0.05, 0) is 62.3 Å². The highest BCUT2D eigenvalue weighted by molar-refractivity contribution is 7.80. The maximum absolute atomic E-state index is 5.71. The van der Waals surface area contributed by atoms with Gasteiger partial charge in [0.2, 0.25) is 0 Å². The number of benzene rings is 2. The Labute approximate surface area is 155 Å². The largest absolute Gasteiger partial charge is 0.497 e. The van der Waals surface area contributed by atoms with Gasteiger partial charge in [-0.15, -0.1) is 0 Å². The average Bonchev–Trinajstić information content (AvgIpc) is 2.59. The first-order valence-electron chi connectivity index (χ1n) is 8.50. The number of nitrogens with one attached hydrogen (secondary N) is 2. The molecule has 4 nitrogen and oxygen atoms in total. The molecule has 0 aliphatic carbocycles. The van der Waals surface area contributed by atoms with E-state index in [1.54, 1.807) is 7.11 Å². The number of anilines is 1. The van der Waals surface area contributed by atoms with Crippen molar-refractivity contribution in [3.05, 3.63) is 54.1 Å². The Morgan fingerprint density at radius 3 is 2.40 bits per heavy atom. The number of thiocarbonyl (C=S) groups is 1. The van der Waals surface area contributed by atoms with E-state index in [-0.39, 0.29) is 12.1 Å². The molecule has 0 aliphatic rings. The summed E-state index contributed by atoms with van der Waals surface area (Å²) in [6.07, 6.45) is 1.06. The molecule has 5 heteroatoms. The van der Waals surface area contributed by atoms with Gasteiger partial charge in [-0.1, -0.05) is 25.1 Å². The Balaban J connectivity index is 1.99. The van der Waals surface area contributed by atoms with E-state index in [2.05, 4.69) is 29.7 Å². The normalized spacial score (nSPS) is 11.7. The number of methoxy groups -OCH3 is 1. The fourth-order valence-electron chi connectivity index (χ4n) is 2.50. The molecule has 2 N–H and O–H groups in total. The van der Waals surface area contributed by atoms with Crippen molar-refractivity contribution in [2.24, 2.45) is 0 Å². The lowest BCUT2D eigenvalue weighted by atomic mass is 10.0. The molecule has 0 amide bonds. The minimum atomic E-state index is 0.139. The van der Waals surface area contributed by atoms with E-state index in [1.165, 1.54) is 5.56 Å². The van der Waals surface area contributed by atoms with Crippen molar-refractivity contribution >= 4 is 23.0 Å². The summed E-state index contributed by atoms with van der Waals surface area (Å²) in [7, 11) is 1.67. The molecule has 1 atom stereocenters. The first-order valence-corrected chi connectivity index (χ1v) is 8.90. The minimum absolute atomic E-state index is 0.139. The molecule has 25 heavy (non-hydrogen) atoms. The summed E-state index contributed by atoms with van der Waals surface area (Å²) in [6.45, 7) is 6.14. The fourth-order valence-corrected chi connectivity index (χ4v) is 2.76. The average molecular weight is 359 g/mol. The fraction of sp³-hybridized carbons (Fsp3) is 0.350. The van der Waals surface area contributed by atoms with Crippen molar-refractivity contribution in [3.63, 3.8) is 0 Å². The third-order valence-corrected chi connectivity index (χ3v) is 3.92. The molecule has 0 fully saturated rings. The van der Waals surface area contributed by atoms with Crippen LogP contribution in [0, 0.1) is 0 Å². The maximum atomic E-state index is 5.71.